The number of phenols is 1. The third-order valence-corrected chi connectivity index (χ3v) is 10.5. The molecular formula is C38H54N4O11S. The molecule has 0 saturated heterocycles. The van der Waals surface area contributed by atoms with Gasteiger partial charge in [-0.1, -0.05) is 55.3 Å². The maximum Gasteiger partial charge on any atom is 0.407 e. The van der Waals surface area contributed by atoms with Crippen molar-refractivity contribution in [1.82, 2.24) is 14.9 Å². The Balaban J connectivity index is 1.69. The Morgan fingerprint density at radius 1 is 0.889 bits per heavy atom. The molecule has 16 heteroatoms. The molecule has 54 heavy (non-hydrogen) atoms. The number of rotatable bonds is 21. The summed E-state index contributed by atoms with van der Waals surface area (Å²) in [4.78, 5) is 66.1. The van der Waals surface area contributed by atoms with Crippen LogP contribution in [0.2, 0.25) is 0 Å². The van der Waals surface area contributed by atoms with Crippen molar-refractivity contribution in [3.63, 3.8) is 0 Å². The molecule has 0 unspecified atom stereocenters. The molecule has 3 amide bonds. The van der Waals surface area contributed by atoms with Crippen LogP contribution >= 0.6 is 0 Å². The molecule has 0 bridgehead atoms. The lowest BCUT2D eigenvalue weighted by molar-refractivity contribution is -0.153. The largest absolute Gasteiger partial charge is 0.508 e. The second-order valence-corrected chi connectivity index (χ2v) is 15.4. The lowest BCUT2D eigenvalue weighted by Crippen LogP contribution is -2.52. The molecular weight excluding hydrogens is 721 g/mol. The number of phenolic OH excluding ortho intramolecular Hbond substituents is 1. The van der Waals surface area contributed by atoms with Crippen LogP contribution in [0.25, 0.3) is 0 Å². The van der Waals surface area contributed by atoms with Crippen LogP contribution in [0, 0.1) is 11.3 Å². The first kappa shape index (κ1) is 43.7. The zero-order valence-corrected chi connectivity index (χ0v) is 32.1. The Morgan fingerprint density at radius 3 is 2.13 bits per heavy atom. The fourth-order valence-electron chi connectivity index (χ4n) is 6.50. The van der Waals surface area contributed by atoms with Crippen LogP contribution < -0.4 is 16.4 Å². The van der Waals surface area contributed by atoms with Crippen molar-refractivity contribution in [3.8, 4) is 5.75 Å². The molecule has 1 fully saturated rings. The Morgan fingerprint density at radius 2 is 1.52 bits per heavy atom. The van der Waals surface area contributed by atoms with Gasteiger partial charge in [-0.2, -0.15) is 0 Å². The highest BCUT2D eigenvalue weighted by atomic mass is 32.2. The van der Waals surface area contributed by atoms with Crippen LogP contribution in [0.1, 0.15) is 76.3 Å². The van der Waals surface area contributed by atoms with Gasteiger partial charge in [0.25, 0.3) is 5.91 Å². The molecule has 5 N–H and O–H groups in total. The normalized spacial score (nSPS) is 15.3. The number of ether oxygens (including phenoxy) is 3. The molecule has 1 aliphatic carbocycles. The van der Waals surface area contributed by atoms with Crippen LogP contribution in [-0.4, -0.2) is 92.3 Å². The molecule has 3 rings (SSSR count). The number of nitrogens with zero attached hydrogens (tertiary/aromatic N) is 1. The van der Waals surface area contributed by atoms with Crippen molar-refractivity contribution in [2.24, 2.45) is 17.1 Å². The summed E-state index contributed by atoms with van der Waals surface area (Å²) < 4.78 is 42.4. The van der Waals surface area contributed by atoms with E-state index in [0.29, 0.717) is 48.4 Å². The van der Waals surface area contributed by atoms with Crippen LogP contribution in [0.5, 0.6) is 5.75 Å². The molecule has 298 valence electrons. The van der Waals surface area contributed by atoms with Crippen LogP contribution in [0.4, 0.5) is 4.79 Å². The maximum absolute atomic E-state index is 14.1. The number of esters is 2. The van der Waals surface area contributed by atoms with E-state index in [1.54, 1.807) is 26.0 Å². The fourth-order valence-corrected chi connectivity index (χ4v) is 7.41. The van der Waals surface area contributed by atoms with Gasteiger partial charge in [-0.15, -0.1) is 0 Å². The quantitative estimate of drug-likeness (QED) is 0.0816. The highest BCUT2D eigenvalue weighted by Gasteiger charge is 2.47. The second-order valence-electron chi connectivity index (χ2n) is 13.5. The number of amides is 3. The summed E-state index contributed by atoms with van der Waals surface area (Å²) in [5, 5.41) is 15.1. The Bertz CT molecular complexity index is 1650. The summed E-state index contributed by atoms with van der Waals surface area (Å²) in [7, 11) is -4.23. The molecule has 0 heterocycles. The van der Waals surface area contributed by atoms with Gasteiger partial charge < -0.3 is 35.7 Å². The Hall–Kier alpha value is -4.70. The minimum absolute atomic E-state index is 0.0216. The highest BCUT2D eigenvalue weighted by Crippen LogP contribution is 2.44. The molecule has 2 aromatic carbocycles. The van der Waals surface area contributed by atoms with Gasteiger partial charge in [-0.05, 0) is 75.6 Å². The first-order valence-corrected chi connectivity index (χ1v) is 20.2. The monoisotopic (exact) mass is 774 g/mol. The zero-order valence-electron chi connectivity index (χ0n) is 31.3. The van der Waals surface area contributed by atoms with Crippen molar-refractivity contribution < 1.29 is 51.7 Å². The fraction of sp³-hybridized carbons (Fsp3) is 0.553. The van der Waals surface area contributed by atoms with E-state index in [9.17, 15) is 37.5 Å². The van der Waals surface area contributed by atoms with Crippen molar-refractivity contribution in [3.05, 3.63) is 65.7 Å². The number of nitrogens with two attached hydrogens (primary N) is 1. The average Bonchev–Trinajstić information content (AvgIpc) is 3.62. The number of hydrogen-bond acceptors (Lipinski definition) is 12. The highest BCUT2D eigenvalue weighted by molar-refractivity contribution is 7.88. The van der Waals surface area contributed by atoms with Gasteiger partial charge in [0.1, 0.15) is 18.4 Å². The van der Waals surface area contributed by atoms with E-state index in [1.165, 1.54) is 12.1 Å². The first-order chi connectivity index (χ1) is 25.7. The zero-order chi connectivity index (χ0) is 39.7. The van der Waals surface area contributed by atoms with E-state index in [-0.39, 0.29) is 51.4 Å². The van der Waals surface area contributed by atoms with Crippen molar-refractivity contribution in [2.45, 2.75) is 90.3 Å². The number of aromatic hydroxyl groups is 1. The van der Waals surface area contributed by atoms with Gasteiger partial charge >= 0.3 is 18.0 Å². The van der Waals surface area contributed by atoms with E-state index in [1.807, 2.05) is 30.3 Å². The number of sulfonamides is 1. The molecule has 0 aromatic heterocycles. The minimum Gasteiger partial charge on any atom is -0.508 e. The molecule has 3 atom stereocenters. The Kier molecular flexibility index (Phi) is 17.2. The number of carbonyl (C=O) groups excluding carboxylic acids is 5. The molecule has 0 radical (unpaired) electrons. The average molecular weight is 775 g/mol. The summed E-state index contributed by atoms with van der Waals surface area (Å²) in [6.45, 7) is 3.05. The van der Waals surface area contributed by atoms with Gasteiger partial charge in [0.2, 0.25) is 15.9 Å². The standard InChI is InChI=1S/C38H54N4O11S/c1-4-51-34(45)29(24-38(20-10-11-21-38)36(47)41-32(35(46)52-5-2)23-27-16-18-30(43)19-17-27)25-42(54(3,49)50)33(44)31(39)15-9-12-22-40-37(48)53-26-28-13-7-6-8-14-28/h6-8,13-14,16-19,29,31-32,43H,4-5,9-12,15,20-26,39H2,1-3H3,(H,40,48)(H,41,47)/t29-,31+,32+/m1/s1. The summed E-state index contributed by atoms with van der Waals surface area (Å²) in [5.41, 5.74) is 6.51. The van der Waals surface area contributed by atoms with Gasteiger partial charge in [0.15, 0.2) is 0 Å². The number of hydrogen-bond donors (Lipinski definition) is 4. The lowest BCUT2D eigenvalue weighted by Gasteiger charge is -2.34. The van der Waals surface area contributed by atoms with Crippen LogP contribution in [-0.2, 0) is 56.4 Å². The summed E-state index contributed by atoms with van der Waals surface area (Å²) in [6, 6.07) is 13.0. The topological polar surface area (TPSA) is 221 Å². The summed E-state index contributed by atoms with van der Waals surface area (Å²) >= 11 is 0. The molecule has 2 aromatic rings. The SMILES string of the molecule is CCOC(=O)[C@@H](CN(C(=O)[C@@H](N)CCCCNC(=O)OCc1ccccc1)S(C)(=O)=O)CC1(C(=O)N[C@@H](Cc2ccc(O)cc2)C(=O)OCC)CCCC1. The van der Waals surface area contributed by atoms with Gasteiger partial charge in [0, 0.05) is 13.0 Å². The third-order valence-electron chi connectivity index (χ3n) is 9.33. The van der Waals surface area contributed by atoms with E-state index in [0.717, 1.165) is 11.8 Å². The molecule has 0 spiro atoms. The maximum atomic E-state index is 14.1. The number of unbranched alkanes of at least 4 members (excludes halogenated alkanes) is 1. The molecule has 1 aliphatic rings. The second kappa shape index (κ2) is 21.3. The van der Waals surface area contributed by atoms with E-state index >= 15 is 0 Å². The van der Waals surface area contributed by atoms with Gasteiger partial charge in [-0.25, -0.2) is 22.3 Å². The van der Waals surface area contributed by atoms with E-state index in [4.69, 9.17) is 19.9 Å². The van der Waals surface area contributed by atoms with Crippen molar-refractivity contribution in [2.75, 3.05) is 32.6 Å². The molecule has 15 nitrogen and oxygen atoms in total. The molecule has 1 saturated carbocycles. The lowest BCUT2D eigenvalue weighted by atomic mass is 9.76. The van der Waals surface area contributed by atoms with E-state index < -0.39 is 69.8 Å². The third kappa shape index (κ3) is 13.6. The first-order valence-electron chi connectivity index (χ1n) is 18.3. The number of carbonyl (C=O) groups is 5. The Labute approximate surface area is 317 Å². The number of benzene rings is 2. The van der Waals surface area contributed by atoms with Gasteiger partial charge in [-0.3, -0.25) is 14.4 Å². The number of alkyl carbamates (subject to hydrolysis) is 1. The van der Waals surface area contributed by atoms with E-state index in [2.05, 4.69) is 10.6 Å². The van der Waals surface area contributed by atoms with Crippen LogP contribution in [0.3, 0.4) is 0 Å². The summed E-state index contributed by atoms with van der Waals surface area (Å²) in [5.74, 6) is -4.03. The number of nitrogens with one attached hydrogen (secondary N) is 2. The van der Waals surface area contributed by atoms with Gasteiger partial charge in [0.05, 0.1) is 43.4 Å². The van der Waals surface area contributed by atoms with Crippen molar-refractivity contribution >= 4 is 39.9 Å². The van der Waals surface area contributed by atoms with Crippen LogP contribution in [0.15, 0.2) is 54.6 Å². The predicted octanol–water partition coefficient (Wildman–Crippen LogP) is 3.32. The molecule has 0 aliphatic heterocycles. The predicted molar refractivity (Wildman–Crippen MR) is 199 cm³/mol. The summed E-state index contributed by atoms with van der Waals surface area (Å²) in [6.07, 6.45) is 3.06. The minimum atomic E-state index is -4.23. The van der Waals surface area contributed by atoms with Crippen molar-refractivity contribution in [1.29, 1.82) is 0 Å². The smallest absolute Gasteiger partial charge is 0.407 e.